The number of hydrogen-bond donors (Lipinski definition) is 1. The Morgan fingerprint density at radius 1 is 1.05 bits per heavy atom. The van der Waals surface area contributed by atoms with Crippen LogP contribution in [0.3, 0.4) is 0 Å². The van der Waals surface area contributed by atoms with Gasteiger partial charge in [0, 0.05) is 12.3 Å². The van der Waals surface area contributed by atoms with Crippen molar-refractivity contribution < 1.29 is 8.42 Å². The average molecular weight is 301 g/mol. The largest absolute Gasteiger partial charge is 0.314 e. The summed E-state index contributed by atoms with van der Waals surface area (Å²) in [4.78, 5) is 0. The van der Waals surface area contributed by atoms with E-state index in [2.05, 4.69) is 12.2 Å². The maximum absolute atomic E-state index is 11.4. The molecule has 20 heavy (non-hydrogen) atoms. The lowest BCUT2D eigenvalue weighted by Crippen LogP contribution is -2.35. The first-order valence-corrected chi connectivity index (χ1v) is 10.4. The lowest BCUT2D eigenvalue weighted by Gasteiger charge is -2.36. The van der Waals surface area contributed by atoms with Gasteiger partial charge in [-0.3, -0.25) is 0 Å². The molecule has 3 unspecified atom stereocenters. The van der Waals surface area contributed by atoms with E-state index in [1.807, 2.05) is 0 Å². The van der Waals surface area contributed by atoms with Crippen LogP contribution in [0.5, 0.6) is 0 Å². The fourth-order valence-corrected chi connectivity index (χ4v) is 4.42. The Kier molecular flexibility index (Phi) is 5.91. The maximum atomic E-state index is 11.4. The molecular weight excluding hydrogens is 270 g/mol. The predicted molar refractivity (Wildman–Crippen MR) is 84.6 cm³/mol. The molecule has 118 valence electrons. The molecule has 3 nitrogen and oxygen atoms in total. The summed E-state index contributed by atoms with van der Waals surface area (Å²) < 4.78 is 22.9. The second-order valence-corrected chi connectivity index (χ2v) is 9.35. The highest BCUT2D eigenvalue weighted by molar-refractivity contribution is 7.90. The first kappa shape index (κ1) is 16.3. The van der Waals surface area contributed by atoms with Crippen LogP contribution in [0.25, 0.3) is 0 Å². The summed E-state index contributed by atoms with van der Waals surface area (Å²) in [5.41, 5.74) is 0. The lowest BCUT2D eigenvalue weighted by molar-refractivity contribution is 0.164. The highest BCUT2D eigenvalue weighted by atomic mass is 32.2. The van der Waals surface area contributed by atoms with Crippen molar-refractivity contribution in [2.45, 2.75) is 64.3 Å². The Labute approximate surface area is 124 Å². The molecule has 0 aromatic heterocycles. The van der Waals surface area contributed by atoms with Crippen LogP contribution in [0, 0.1) is 17.8 Å². The zero-order chi connectivity index (χ0) is 14.6. The quantitative estimate of drug-likeness (QED) is 0.749. The van der Waals surface area contributed by atoms with Crippen LogP contribution >= 0.6 is 0 Å². The van der Waals surface area contributed by atoms with Gasteiger partial charge in [-0.15, -0.1) is 0 Å². The SMILES string of the molecule is CCCC1CCC(CNC2CC2)C(CCS(C)(=O)=O)C1. The third kappa shape index (κ3) is 5.72. The van der Waals surface area contributed by atoms with E-state index in [1.165, 1.54) is 51.2 Å². The van der Waals surface area contributed by atoms with E-state index in [9.17, 15) is 8.42 Å². The van der Waals surface area contributed by atoms with Gasteiger partial charge in [-0.05, 0) is 56.4 Å². The van der Waals surface area contributed by atoms with E-state index < -0.39 is 9.84 Å². The van der Waals surface area contributed by atoms with Crippen LogP contribution in [0.1, 0.15) is 58.3 Å². The Morgan fingerprint density at radius 3 is 2.40 bits per heavy atom. The van der Waals surface area contributed by atoms with E-state index in [4.69, 9.17) is 0 Å². The van der Waals surface area contributed by atoms with Crippen molar-refractivity contribution in [2.75, 3.05) is 18.6 Å². The fraction of sp³-hybridized carbons (Fsp3) is 1.00. The van der Waals surface area contributed by atoms with E-state index in [0.29, 0.717) is 17.6 Å². The fourth-order valence-electron chi connectivity index (χ4n) is 3.69. The minimum Gasteiger partial charge on any atom is -0.314 e. The molecule has 2 aliphatic rings. The standard InChI is InChI=1S/C16H31NO2S/c1-3-4-13-5-6-15(12-17-16-7-8-16)14(11-13)9-10-20(2,18)19/h13-17H,3-12H2,1-2H3. The van der Waals surface area contributed by atoms with E-state index in [0.717, 1.165) is 24.9 Å². The van der Waals surface area contributed by atoms with Crippen molar-refractivity contribution in [2.24, 2.45) is 17.8 Å². The van der Waals surface area contributed by atoms with Crippen LogP contribution in [-0.4, -0.2) is 33.0 Å². The summed E-state index contributed by atoms with van der Waals surface area (Å²) in [5, 5.41) is 3.65. The van der Waals surface area contributed by atoms with Gasteiger partial charge in [0.2, 0.25) is 0 Å². The van der Waals surface area contributed by atoms with Gasteiger partial charge in [-0.1, -0.05) is 26.2 Å². The van der Waals surface area contributed by atoms with Crippen molar-refractivity contribution in [3.63, 3.8) is 0 Å². The molecule has 4 heteroatoms. The number of nitrogens with one attached hydrogen (secondary N) is 1. The van der Waals surface area contributed by atoms with E-state index >= 15 is 0 Å². The summed E-state index contributed by atoms with van der Waals surface area (Å²) >= 11 is 0. The van der Waals surface area contributed by atoms with Gasteiger partial charge in [-0.2, -0.15) is 0 Å². The van der Waals surface area contributed by atoms with Crippen LogP contribution in [0.2, 0.25) is 0 Å². The molecule has 0 aliphatic heterocycles. The smallest absolute Gasteiger partial charge is 0.147 e. The van der Waals surface area contributed by atoms with Gasteiger partial charge in [0.1, 0.15) is 9.84 Å². The number of hydrogen-bond acceptors (Lipinski definition) is 3. The predicted octanol–water partition coefficient (Wildman–Crippen LogP) is 3.01. The first-order chi connectivity index (χ1) is 9.48. The molecule has 0 saturated heterocycles. The minimum absolute atomic E-state index is 0.371. The summed E-state index contributed by atoms with van der Waals surface area (Å²) in [6.45, 7) is 3.37. The van der Waals surface area contributed by atoms with Gasteiger partial charge in [0.05, 0.1) is 5.75 Å². The first-order valence-electron chi connectivity index (χ1n) is 8.39. The van der Waals surface area contributed by atoms with Gasteiger partial charge in [0.25, 0.3) is 0 Å². The summed E-state index contributed by atoms with van der Waals surface area (Å²) in [7, 11) is -2.82. The molecule has 2 aliphatic carbocycles. The molecule has 0 radical (unpaired) electrons. The molecule has 0 amide bonds. The van der Waals surface area contributed by atoms with Crippen molar-refractivity contribution in [1.29, 1.82) is 0 Å². The normalized spacial score (nSPS) is 31.4. The highest BCUT2D eigenvalue weighted by Crippen LogP contribution is 2.38. The number of rotatable bonds is 8. The van der Waals surface area contributed by atoms with Crippen molar-refractivity contribution >= 4 is 9.84 Å². The zero-order valence-corrected chi connectivity index (χ0v) is 13.9. The lowest BCUT2D eigenvalue weighted by atomic mass is 9.71. The molecule has 2 fully saturated rings. The monoisotopic (exact) mass is 301 g/mol. The zero-order valence-electron chi connectivity index (χ0n) is 13.1. The molecular formula is C16H31NO2S. The second-order valence-electron chi connectivity index (χ2n) is 7.09. The van der Waals surface area contributed by atoms with Crippen molar-refractivity contribution in [1.82, 2.24) is 5.32 Å². The van der Waals surface area contributed by atoms with Gasteiger partial charge in [-0.25, -0.2) is 8.42 Å². The van der Waals surface area contributed by atoms with E-state index in [1.54, 1.807) is 0 Å². The second kappa shape index (κ2) is 7.26. The van der Waals surface area contributed by atoms with Gasteiger partial charge >= 0.3 is 0 Å². The third-order valence-electron chi connectivity index (χ3n) is 5.05. The number of sulfone groups is 1. The minimum atomic E-state index is -2.82. The molecule has 0 aromatic carbocycles. The highest BCUT2D eigenvalue weighted by Gasteiger charge is 2.31. The third-order valence-corrected chi connectivity index (χ3v) is 6.03. The van der Waals surface area contributed by atoms with Crippen LogP contribution in [0.4, 0.5) is 0 Å². The molecule has 2 saturated carbocycles. The molecule has 0 heterocycles. The molecule has 0 aromatic rings. The topological polar surface area (TPSA) is 46.2 Å². The van der Waals surface area contributed by atoms with Gasteiger partial charge in [0.15, 0.2) is 0 Å². The Hall–Kier alpha value is -0.0900. The van der Waals surface area contributed by atoms with Crippen LogP contribution in [0.15, 0.2) is 0 Å². The molecule has 3 atom stereocenters. The summed E-state index contributed by atoms with van der Waals surface area (Å²) in [5.74, 6) is 2.52. The Bertz CT molecular complexity index is 389. The Balaban J connectivity index is 1.86. The molecule has 2 rings (SSSR count). The van der Waals surface area contributed by atoms with Crippen LogP contribution < -0.4 is 5.32 Å². The molecule has 0 spiro atoms. The van der Waals surface area contributed by atoms with E-state index in [-0.39, 0.29) is 0 Å². The molecule has 0 bridgehead atoms. The average Bonchev–Trinajstić information content (AvgIpc) is 3.18. The summed E-state index contributed by atoms with van der Waals surface area (Å²) in [6.07, 6.45) is 11.4. The van der Waals surface area contributed by atoms with Crippen LogP contribution in [-0.2, 0) is 9.84 Å². The Morgan fingerprint density at radius 2 is 1.80 bits per heavy atom. The molecule has 1 N–H and O–H groups in total. The maximum Gasteiger partial charge on any atom is 0.147 e. The van der Waals surface area contributed by atoms with Gasteiger partial charge < -0.3 is 5.32 Å². The van der Waals surface area contributed by atoms with Crippen molar-refractivity contribution in [3.05, 3.63) is 0 Å². The summed E-state index contributed by atoms with van der Waals surface area (Å²) in [6, 6.07) is 0.763. The van der Waals surface area contributed by atoms with Crippen molar-refractivity contribution in [3.8, 4) is 0 Å².